The summed E-state index contributed by atoms with van der Waals surface area (Å²) in [5, 5.41) is 3.60. The van der Waals surface area contributed by atoms with Crippen molar-refractivity contribution in [3.8, 4) is 11.5 Å². The number of carbonyl (C=O) groups is 1. The van der Waals surface area contributed by atoms with Gasteiger partial charge >= 0.3 is 0 Å². The summed E-state index contributed by atoms with van der Waals surface area (Å²) < 4.78 is 11.8. The highest BCUT2D eigenvalue weighted by molar-refractivity contribution is 9.10. The van der Waals surface area contributed by atoms with Crippen molar-refractivity contribution in [1.29, 1.82) is 0 Å². The van der Waals surface area contributed by atoms with Crippen LogP contribution in [0, 0.1) is 6.92 Å². The first kappa shape index (κ1) is 21.6. The van der Waals surface area contributed by atoms with Crippen molar-refractivity contribution in [3.05, 3.63) is 56.5 Å². The molecule has 0 spiro atoms. The van der Waals surface area contributed by atoms with Gasteiger partial charge in [-0.1, -0.05) is 25.4 Å². The lowest BCUT2D eigenvalue weighted by Gasteiger charge is -2.21. The van der Waals surface area contributed by atoms with Crippen LogP contribution in [0.5, 0.6) is 11.5 Å². The van der Waals surface area contributed by atoms with Crippen LogP contribution in [0.1, 0.15) is 49.4 Å². The Kier molecular flexibility index (Phi) is 7.57. The van der Waals surface area contributed by atoms with Gasteiger partial charge in [-0.3, -0.25) is 4.79 Å². The fourth-order valence-corrected chi connectivity index (χ4v) is 3.70. The Labute approximate surface area is 174 Å². The maximum atomic E-state index is 12.3. The van der Waals surface area contributed by atoms with Gasteiger partial charge in [-0.05, 0) is 82.7 Å². The first-order chi connectivity index (χ1) is 12.7. The van der Waals surface area contributed by atoms with Gasteiger partial charge in [0.1, 0.15) is 11.5 Å². The number of amides is 1. The van der Waals surface area contributed by atoms with Gasteiger partial charge < -0.3 is 14.8 Å². The molecule has 0 aliphatic rings. The van der Waals surface area contributed by atoms with E-state index in [-0.39, 0.29) is 18.6 Å². The second-order valence-corrected chi connectivity index (χ2v) is 8.05. The molecule has 1 amide bonds. The van der Waals surface area contributed by atoms with Crippen molar-refractivity contribution in [2.45, 2.75) is 39.7 Å². The summed E-state index contributed by atoms with van der Waals surface area (Å²) in [4.78, 5) is 12.3. The molecule has 0 aromatic heterocycles. The zero-order chi connectivity index (χ0) is 20.1. The van der Waals surface area contributed by atoms with E-state index in [4.69, 9.17) is 21.1 Å². The number of rotatable bonds is 7. The number of hydrogen-bond acceptors (Lipinski definition) is 3. The van der Waals surface area contributed by atoms with E-state index in [1.807, 2.05) is 19.9 Å². The third kappa shape index (κ3) is 5.63. The zero-order valence-corrected chi connectivity index (χ0v) is 18.6. The number of carbonyl (C=O) groups excluding carboxylic acids is 1. The lowest BCUT2D eigenvalue weighted by molar-refractivity contribution is -0.123. The molecule has 0 aliphatic heterocycles. The second-order valence-electron chi connectivity index (χ2n) is 6.76. The molecule has 0 unspecified atom stereocenters. The molecule has 0 fully saturated rings. The highest BCUT2D eigenvalue weighted by Gasteiger charge is 2.17. The van der Waals surface area contributed by atoms with E-state index in [0.717, 1.165) is 22.4 Å². The Morgan fingerprint density at radius 1 is 1.15 bits per heavy atom. The van der Waals surface area contributed by atoms with Gasteiger partial charge in [0.15, 0.2) is 6.61 Å². The molecule has 2 aromatic rings. The lowest BCUT2D eigenvalue weighted by atomic mass is 9.93. The van der Waals surface area contributed by atoms with Crippen LogP contribution in [-0.2, 0) is 4.79 Å². The third-order valence-corrected chi connectivity index (χ3v) is 5.19. The average Bonchev–Trinajstić information content (AvgIpc) is 2.60. The van der Waals surface area contributed by atoms with Crippen LogP contribution in [0.3, 0.4) is 0 Å². The number of benzene rings is 2. The number of nitrogens with one attached hydrogen (secondary N) is 1. The van der Waals surface area contributed by atoms with Crippen molar-refractivity contribution < 1.29 is 14.3 Å². The van der Waals surface area contributed by atoms with Crippen molar-refractivity contribution in [3.63, 3.8) is 0 Å². The molecule has 0 heterocycles. The SMILES string of the molecule is COc1cc(C)c([C@@H](C)NC(=O)COc2ccc(Cl)cc2Br)cc1C(C)C. The summed E-state index contributed by atoms with van der Waals surface area (Å²) in [6, 6.07) is 9.17. The zero-order valence-electron chi connectivity index (χ0n) is 16.2. The number of ether oxygens (including phenoxy) is 2. The molecule has 1 N–H and O–H groups in total. The van der Waals surface area contributed by atoms with E-state index in [0.29, 0.717) is 21.2 Å². The smallest absolute Gasteiger partial charge is 0.258 e. The fraction of sp³-hybridized carbons (Fsp3) is 0.381. The Morgan fingerprint density at radius 3 is 2.44 bits per heavy atom. The fourth-order valence-electron chi connectivity index (χ4n) is 2.91. The van der Waals surface area contributed by atoms with Gasteiger partial charge in [0.05, 0.1) is 17.6 Å². The molecule has 0 radical (unpaired) electrons. The summed E-state index contributed by atoms with van der Waals surface area (Å²) >= 11 is 9.29. The molecule has 4 nitrogen and oxygen atoms in total. The maximum absolute atomic E-state index is 12.3. The minimum absolute atomic E-state index is 0.0726. The normalized spacial score (nSPS) is 12.0. The van der Waals surface area contributed by atoms with Crippen LogP contribution < -0.4 is 14.8 Å². The molecule has 0 bridgehead atoms. The number of hydrogen-bond donors (Lipinski definition) is 1. The Hall–Kier alpha value is -1.72. The quantitative estimate of drug-likeness (QED) is 0.575. The summed E-state index contributed by atoms with van der Waals surface area (Å²) in [6.45, 7) is 8.16. The molecule has 0 aliphatic carbocycles. The van der Waals surface area contributed by atoms with Crippen LogP contribution in [0.4, 0.5) is 0 Å². The number of methoxy groups -OCH3 is 1. The van der Waals surface area contributed by atoms with Gasteiger partial charge in [0.2, 0.25) is 0 Å². The van der Waals surface area contributed by atoms with Gasteiger partial charge in [0.25, 0.3) is 5.91 Å². The molecule has 6 heteroatoms. The minimum atomic E-state index is -0.189. The predicted octanol–water partition coefficient (Wildman–Crippen LogP) is 5.80. The monoisotopic (exact) mass is 453 g/mol. The molecule has 2 rings (SSSR count). The number of aryl methyl sites for hydroxylation is 1. The molecule has 2 aromatic carbocycles. The average molecular weight is 455 g/mol. The van der Waals surface area contributed by atoms with E-state index in [1.54, 1.807) is 25.3 Å². The van der Waals surface area contributed by atoms with E-state index in [2.05, 4.69) is 41.2 Å². The van der Waals surface area contributed by atoms with Crippen LogP contribution in [0.2, 0.25) is 5.02 Å². The Balaban J connectivity index is 2.06. The molecule has 1 atom stereocenters. The summed E-state index contributed by atoms with van der Waals surface area (Å²) in [5.74, 6) is 1.59. The first-order valence-corrected chi connectivity index (χ1v) is 9.95. The standard InChI is InChI=1S/C21H25BrClNO3/c1-12(2)16-10-17(13(3)8-20(16)26-5)14(4)24-21(25)11-27-19-7-6-15(23)9-18(19)22/h6-10,12,14H,11H2,1-5H3,(H,24,25)/t14-/m1/s1. The molecular weight excluding hydrogens is 430 g/mol. The van der Waals surface area contributed by atoms with Gasteiger partial charge in [-0.15, -0.1) is 0 Å². The van der Waals surface area contributed by atoms with Crippen molar-refractivity contribution in [1.82, 2.24) is 5.32 Å². The van der Waals surface area contributed by atoms with E-state index in [9.17, 15) is 4.79 Å². The van der Waals surface area contributed by atoms with Crippen LogP contribution in [0.25, 0.3) is 0 Å². The highest BCUT2D eigenvalue weighted by atomic mass is 79.9. The van der Waals surface area contributed by atoms with Crippen LogP contribution in [-0.4, -0.2) is 19.6 Å². The largest absolute Gasteiger partial charge is 0.496 e. The lowest BCUT2D eigenvalue weighted by Crippen LogP contribution is -2.31. The van der Waals surface area contributed by atoms with E-state index < -0.39 is 0 Å². The minimum Gasteiger partial charge on any atom is -0.496 e. The summed E-state index contributed by atoms with van der Waals surface area (Å²) in [7, 11) is 1.68. The summed E-state index contributed by atoms with van der Waals surface area (Å²) in [6.07, 6.45) is 0. The number of halogens is 2. The Bertz CT molecular complexity index is 823. The van der Waals surface area contributed by atoms with Gasteiger partial charge in [-0.2, -0.15) is 0 Å². The summed E-state index contributed by atoms with van der Waals surface area (Å²) in [5.41, 5.74) is 3.27. The molecule has 0 saturated heterocycles. The predicted molar refractivity (Wildman–Crippen MR) is 113 cm³/mol. The van der Waals surface area contributed by atoms with Crippen molar-refractivity contribution in [2.24, 2.45) is 0 Å². The van der Waals surface area contributed by atoms with E-state index >= 15 is 0 Å². The topological polar surface area (TPSA) is 47.6 Å². The second kappa shape index (κ2) is 9.47. The Morgan fingerprint density at radius 2 is 1.85 bits per heavy atom. The van der Waals surface area contributed by atoms with Gasteiger partial charge in [-0.25, -0.2) is 0 Å². The highest BCUT2D eigenvalue weighted by Crippen LogP contribution is 2.32. The molecule has 146 valence electrons. The van der Waals surface area contributed by atoms with Gasteiger partial charge in [0, 0.05) is 5.02 Å². The van der Waals surface area contributed by atoms with Crippen molar-refractivity contribution >= 4 is 33.4 Å². The van der Waals surface area contributed by atoms with Crippen LogP contribution >= 0.6 is 27.5 Å². The molecular formula is C21H25BrClNO3. The van der Waals surface area contributed by atoms with Crippen molar-refractivity contribution in [2.75, 3.05) is 13.7 Å². The maximum Gasteiger partial charge on any atom is 0.258 e. The molecule has 27 heavy (non-hydrogen) atoms. The van der Waals surface area contributed by atoms with Crippen LogP contribution in [0.15, 0.2) is 34.8 Å². The third-order valence-electron chi connectivity index (χ3n) is 4.34. The first-order valence-electron chi connectivity index (χ1n) is 8.78. The van der Waals surface area contributed by atoms with E-state index in [1.165, 1.54) is 0 Å². The molecule has 0 saturated carbocycles.